The normalized spacial score (nSPS) is 16.1. The van der Waals surface area contributed by atoms with Gasteiger partial charge in [-0.25, -0.2) is 0 Å². The molecule has 2 heteroatoms. The Morgan fingerprint density at radius 1 is 0.604 bits per heavy atom. The van der Waals surface area contributed by atoms with E-state index in [0.29, 0.717) is 5.92 Å². The Morgan fingerprint density at radius 2 is 1.25 bits per heavy atom. The highest BCUT2D eigenvalue weighted by atomic mass is 15.2. The highest BCUT2D eigenvalue weighted by Gasteiger charge is 2.35. The Balaban J connectivity index is 1.18. The fourth-order valence-electron chi connectivity index (χ4n) is 8.17. The predicted octanol–water partition coefficient (Wildman–Crippen LogP) is 12.4. The third kappa shape index (κ3) is 4.40. The molecule has 1 unspecified atom stereocenters. The minimum Gasteiger partial charge on any atom is -0.314 e. The van der Waals surface area contributed by atoms with Crippen LogP contribution in [0.1, 0.15) is 38.3 Å². The van der Waals surface area contributed by atoms with Crippen LogP contribution in [0.3, 0.4) is 0 Å². The number of nitrogens with zero attached hydrogens (tertiary/aromatic N) is 2. The smallest absolute Gasteiger partial charge is 0.0541 e. The summed E-state index contributed by atoms with van der Waals surface area (Å²) in [7, 11) is 0. The van der Waals surface area contributed by atoms with Crippen molar-refractivity contribution in [3.63, 3.8) is 0 Å². The third-order valence-electron chi connectivity index (χ3n) is 10.6. The van der Waals surface area contributed by atoms with Gasteiger partial charge >= 0.3 is 0 Å². The van der Waals surface area contributed by atoms with E-state index in [1.165, 1.54) is 77.9 Å². The summed E-state index contributed by atoms with van der Waals surface area (Å²) < 4.78 is 2.40. The minimum atomic E-state index is -0.0171. The molecule has 0 radical (unpaired) electrons. The van der Waals surface area contributed by atoms with E-state index in [-0.39, 0.29) is 5.41 Å². The number of benzene rings is 6. The van der Waals surface area contributed by atoms with Crippen molar-refractivity contribution < 1.29 is 0 Å². The first-order valence-corrected chi connectivity index (χ1v) is 17.1. The zero-order valence-electron chi connectivity index (χ0n) is 27.7. The quantitative estimate of drug-likeness (QED) is 0.186. The Kier molecular flexibility index (Phi) is 6.55. The summed E-state index contributed by atoms with van der Waals surface area (Å²) in [5, 5.41) is 2.56. The number of allylic oxidation sites excluding steroid dienone is 4. The maximum absolute atomic E-state index is 2.49. The number of aromatic nitrogens is 1. The molecule has 1 aromatic heterocycles. The van der Waals surface area contributed by atoms with Crippen LogP contribution in [-0.4, -0.2) is 4.57 Å². The summed E-state index contributed by atoms with van der Waals surface area (Å²) in [6.07, 6.45) is 7.83. The Morgan fingerprint density at radius 3 is 2.02 bits per heavy atom. The van der Waals surface area contributed by atoms with E-state index >= 15 is 0 Å². The van der Waals surface area contributed by atoms with Crippen molar-refractivity contribution in [1.29, 1.82) is 0 Å². The van der Waals surface area contributed by atoms with Crippen LogP contribution in [0.4, 0.5) is 11.4 Å². The van der Waals surface area contributed by atoms with E-state index in [1.807, 2.05) is 0 Å². The van der Waals surface area contributed by atoms with Gasteiger partial charge in [-0.15, -0.1) is 0 Å². The topological polar surface area (TPSA) is 8.17 Å². The average molecular weight is 619 g/mol. The summed E-state index contributed by atoms with van der Waals surface area (Å²) in [5.74, 6) is 0.397. The van der Waals surface area contributed by atoms with Crippen molar-refractivity contribution in [2.24, 2.45) is 5.92 Å². The van der Waals surface area contributed by atoms with Gasteiger partial charge in [-0.2, -0.15) is 0 Å². The molecule has 0 saturated carbocycles. The summed E-state index contributed by atoms with van der Waals surface area (Å²) >= 11 is 0. The molecule has 9 rings (SSSR count). The molecule has 0 bridgehead atoms. The van der Waals surface area contributed by atoms with Gasteiger partial charge in [0.25, 0.3) is 0 Å². The molecule has 7 aromatic rings. The number of fused-ring (bicyclic) bond motifs is 6. The van der Waals surface area contributed by atoms with Crippen molar-refractivity contribution >= 4 is 33.2 Å². The SMILES string of the molecule is CC1CC=CC=C1N(c1cccc(-c2cccc(-n3c4ccccc4c4ccccc43)c2)c1)c1ccc2c(c1)-c1ccccc1C2(C)C. The molecule has 48 heavy (non-hydrogen) atoms. The van der Waals surface area contributed by atoms with Crippen molar-refractivity contribution in [1.82, 2.24) is 4.57 Å². The predicted molar refractivity (Wildman–Crippen MR) is 203 cm³/mol. The first-order chi connectivity index (χ1) is 23.5. The van der Waals surface area contributed by atoms with Crippen molar-refractivity contribution in [2.75, 3.05) is 4.90 Å². The molecule has 0 aliphatic heterocycles. The van der Waals surface area contributed by atoms with Gasteiger partial charge in [-0.05, 0) is 94.4 Å². The largest absolute Gasteiger partial charge is 0.314 e. The molecule has 2 aliphatic carbocycles. The lowest BCUT2D eigenvalue weighted by molar-refractivity contribution is 0.659. The molecular weight excluding hydrogens is 581 g/mol. The molecule has 2 aliphatic rings. The number of rotatable bonds is 5. The average Bonchev–Trinajstić information content (AvgIpc) is 3.58. The standard InChI is InChI=1S/C46H38N2/c1-31-14-4-9-23-43(31)47(36-26-27-42-40(30-36)37-19-5-8-22-41(37)46(42,2)3)34-17-12-15-32(28-34)33-16-13-18-35(29-33)48-44-24-10-6-20-38(44)39-21-7-11-25-45(39)48/h4-13,15-31H,14H2,1-3H3. The number of anilines is 2. The zero-order chi connectivity index (χ0) is 32.4. The molecule has 232 valence electrons. The van der Waals surface area contributed by atoms with E-state index in [9.17, 15) is 0 Å². The summed E-state index contributed by atoms with van der Waals surface area (Å²) in [6.45, 7) is 7.04. The highest BCUT2D eigenvalue weighted by Crippen LogP contribution is 2.50. The molecule has 0 fully saturated rings. The maximum Gasteiger partial charge on any atom is 0.0541 e. The van der Waals surface area contributed by atoms with Crippen LogP contribution in [0, 0.1) is 5.92 Å². The maximum atomic E-state index is 2.49. The van der Waals surface area contributed by atoms with Crippen LogP contribution in [0.2, 0.25) is 0 Å². The van der Waals surface area contributed by atoms with Gasteiger partial charge in [-0.1, -0.05) is 124 Å². The second kappa shape index (κ2) is 11.0. The molecular formula is C46H38N2. The van der Waals surface area contributed by atoms with Crippen LogP contribution in [0.5, 0.6) is 0 Å². The molecule has 0 amide bonds. The Hall–Kier alpha value is -5.60. The molecule has 0 spiro atoms. The van der Waals surface area contributed by atoms with Gasteiger partial charge in [0.05, 0.1) is 11.0 Å². The first-order valence-electron chi connectivity index (χ1n) is 17.1. The van der Waals surface area contributed by atoms with Crippen LogP contribution < -0.4 is 4.90 Å². The van der Waals surface area contributed by atoms with Gasteiger partial charge < -0.3 is 9.47 Å². The van der Waals surface area contributed by atoms with Gasteiger partial charge in [-0.3, -0.25) is 0 Å². The van der Waals surface area contributed by atoms with Gasteiger partial charge in [0.15, 0.2) is 0 Å². The van der Waals surface area contributed by atoms with E-state index in [2.05, 4.69) is 188 Å². The number of hydrogen-bond donors (Lipinski definition) is 0. The second-order valence-electron chi connectivity index (χ2n) is 13.9. The second-order valence-corrected chi connectivity index (χ2v) is 13.9. The van der Waals surface area contributed by atoms with Crippen LogP contribution in [0.15, 0.2) is 163 Å². The molecule has 1 atom stereocenters. The fraction of sp³-hybridized carbons (Fsp3) is 0.130. The molecule has 2 nitrogen and oxygen atoms in total. The summed E-state index contributed by atoms with van der Waals surface area (Å²) in [5.41, 5.74) is 15.2. The van der Waals surface area contributed by atoms with E-state index in [1.54, 1.807) is 0 Å². The van der Waals surface area contributed by atoms with Crippen LogP contribution in [0.25, 0.3) is 49.7 Å². The highest BCUT2D eigenvalue weighted by molar-refractivity contribution is 6.09. The molecule has 6 aromatic carbocycles. The molecule has 1 heterocycles. The lowest BCUT2D eigenvalue weighted by Gasteiger charge is -2.33. The van der Waals surface area contributed by atoms with Gasteiger partial charge in [0.2, 0.25) is 0 Å². The van der Waals surface area contributed by atoms with Crippen molar-refractivity contribution in [2.45, 2.75) is 32.6 Å². The Labute approximate surface area is 282 Å². The minimum absolute atomic E-state index is 0.0171. The van der Waals surface area contributed by atoms with Gasteiger partial charge in [0, 0.05) is 44.9 Å². The van der Waals surface area contributed by atoms with E-state index in [0.717, 1.165) is 6.42 Å². The summed E-state index contributed by atoms with van der Waals surface area (Å²) in [6, 6.07) is 51.5. The van der Waals surface area contributed by atoms with E-state index in [4.69, 9.17) is 0 Å². The number of hydrogen-bond acceptors (Lipinski definition) is 1. The van der Waals surface area contributed by atoms with Crippen LogP contribution in [-0.2, 0) is 5.41 Å². The van der Waals surface area contributed by atoms with Crippen molar-refractivity contribution in [3.8, 4) is 27.9 Å². The first kappa shape index (κ1) is 28.6. The third-order valence-corrected chi connectivity index (χ3v) is 10.6. The van der Waals surface area contributed by atoms with Crippen LogP contribution >= 0.6 is 0 Å². The lowest BCUT2D eigenvalue weighted by Crippen LogP contribution is -2.22. The zero-order valence-corrected chi connectivity index (χ0v) is 27.7. The Bertz CT molecular complexity index is 2380. The molecule has 0 N–H and O–H groups in total. The van der Waals surface area contributed by atoms with Crippen molar-refractivity contribution in [3.05, 3.63) is 175 Å². The lowest BCUT2D eigenvalue weighted by atomic mass is 9.82. The monoisotopic (exact) mass is 618 g/mol. The number of para-hydroxylation sites is 2. The fourth-order valence-corrected chi connectivity index (χ4v) is 8.17. The molecule has 0 saturated heterocycles. The summed E-state index contributed by atoms with van der Waals surface area (Å²) in [4.78, 5) is 2.49. The van der Waals surface area contributed by atoms with E-state index < -0.39 is 0 Å². The van der Waals surface area contributed by atoms with Gasteiger partial charge in [0.1, 0.15) is 0 Å².